The predicted molar refractivity (Wildman–Crippen MR) is 89.2 cm³/mol. The van der Waals surface area contributed by atoms with Gasteiger partial charge in [-0.05, 0) is 29.8 Å². The van der Waals surface area contributed by atoms with Gasteiger partial charge in [0.1, 0.15) is 0 Å². The molecule has 0 aromatic heterocycles. The molecule has 1 N–H and O–H groups in total. The van der Waals surface area contributed by atoms with Gasteiger partial charge in [0.15, 0.2) is 35.6 Å². The summed E-state index contributed by atoms with van der Waals surface area (Å²) in [5, 5.41) is 2.00. The standard InChI is InChI=1S/C18H16F3NO5/c1-25-13-6-3-10(7-14(13)26-2)8-16(24)27-9-15(23)22-12-5-4-11(19)17(20)18(12)21/h3-7H,8-9H2,1-2H3,(H,22,23). The van der Waals surface area contributed by atoms with Gasteiger partial charge < -0.3 is 19.5 Å². The molecule has 0 atom stereocenters. The summed E-state index contributed by atoms with van der Waals surface area (Å²) >= 11 is 0. The van der Waals surface area contributed by atoms with Crippen LogP contribution in [0.25, 0.3) is 0 Å². The van der Waals surface area contributed by atoms with Gasteiger partial charge in [-0.25, -0.2) is 13.2 Å². The van der Waals surface area contributed by atoms with Crippen LogP contribution in [0, 0.1) is 17.5 Å². The number of carbonyl (C=O) groups is 2. The Labute approximate surface area is 152 Å². The van der Waals surface area contributed by atoms with Crippen molar-refractivity contribution < 1.29 is 37.0 Å². The normalized spacial score (nSPS) is 10.3. The van der Waals surface area contributed by atoms with Gasteiger partial charge in [0, 0.05) is 0 Å². The van der Waals surface area contributed by atoms with Gasteiger partial charge in [0.2, 0.25) is 0 Å². The number of carbonyl (C=O) groups excluding carboxylic acids is 2. The van der Waals surface area contributed by atoms with Crippen molar-refractivity contribution >= 4 is 17.6 Å². The number of rotatable bonds is 7. The fourth-order valence-corrected chi connectivity index (χ4v) is 2.16. The molecule has 0 spiro atoms. The number of hydrogen-bond donors (Lipinski definition) is 1. The molecular weight excluding hydrogens is 367 g/mol. The summed E-state index contributed by atoms with van der Waals surface area (Å²) in [6.07, 6.45) is -0.146. The second-order valence-corrected chi connectivity index (χ2v) is 5.30. The zero-order valence-electron chi connectivity index (χ0n) is 14.5. The number of anilines is 1. The molecule has 0 bridgehead atoms. The Bertz CT molecular complexity index is 857. The van der Waals surface area contributed by atoms with E-state index in [0.29, 0.717) is 23.1 Å². The van der Waals surface area contributed by atoms with Crippen LogP contribution in [-0.2, 0) is 20.7 Å². The summed E-state index contributed by atoms with van der Waals surface area (Å²) in [6, 6.07) is 6.34. The maximum atomic E-state index is 13.5. The molecule has 9 heteroatoms. The number of halogens is 3. The third-order valence-electron chi connectivity index (χ3n) is 3.47. The molecule has 0 heterocycles. The zero-order valence-corrected chi connectivity index (χ0v) is 14.5. The minimum Gasteiger partial charge on any atom is -0.493 e. The predicted octanol–water partition coefficient (Wildman–Crippen LogP) is 2.85. The Morgan fingerprint density at radius 1 is 0.963 bits per heavy atom. The summed E-state index contributed by atoms with van der Waals surface area (Å²) < 4.78 is 54.4. The Hall–Kier alpha value is -3.23. The van der Waals surface area contributed by atoms with E-state index < -0.39 is 41.6 Å². The molecule has 2 rings (SSSR count). The minimum atomic E-state index is -1.71. The van der Waals surface area contributed by atoms with E-state index >= 15 is 0 Å². The number of benzene rings is 2. The molecule has 27 heavy (non-hydrogen) atoms. The van der Waals surface area contributed by atoms with Crippen LogP contribution in [-0.4, -0.2) is 32.7 Å². The first kappa shape index (κ1) is 20.1. The highest BCUT2D eigenvalue weighted by molar-refractivity contribution is 5.93. The smallest absolute Gasteiger partial charge is 0.310 e. The van der Waals surface area contributed by atoms with E-state index in [2.05, 4.69) is 0 Å². The van der Waals surface area contributed by atoms with E-state index in [4.69, 9.17) is 14.2 Å². The molecular formula is C18H16F3NO5. The topological polar surface area (TPSA) is 73.9 Å². The van der Waals surface area contributed by atoms with Crippen LogP contribution in [0.15, 0.2) is 30.3 Å². The minimum absolute atomic E-state index is 0.146. The van der Waals surface area contributed by atoms with Crippen LogP contribution in [0.4, 0.5) is 18.9 Å². The Morgan fingerprint density at radius 3 is 2.33 bits per heavy atom. The first-order valence-electron chi connectivity index (χ1n) is 7.65. The van der Waals surface area contributed by atoms with E-state index in [0.717, 1.165) is 6.07 Å². The van der Waals surface area contributed by atoms with Gasteiger partial charge in [0.25, 0.3) is 5.91 Å². The Morgan fingerprint density at radius 2 is 1.67 bits per heavy atom. The van der Waals surface area contributed by atoms with E-state index in [9.17, 15) is 22.8 Å². The molecule has 0 aliphatic rings. The average Bonchev–Trinajstić information content (AvgIpc) is 2.66. The van der Waals surface area contributed by atoms with Gasteiger partial charge in [-0.1, -0.05) is 6.07 Å². The highest BCUT2D eigenvalue weighted by Gasteiger charge is 2.16. The fraction of sp³-hybridized carbons (Fsp3) is 0.222. The van der Waals surface area contributed by atoms with Crippen molar-refractivity contribution in [2.75, 3.05) is 26.1 Å². The van der Waals surface area contributed by atoms with Crippen molar-refractivity contribution in [2.45, 2.75) is 6.42 Å². The number of esters is 1. The molecule has 2 aromatic rings. The van der Waals surface area contributed by atoms with Crippen LogP contribution < -0.4 is 14.8 Å². The molecule has 2 aromatic carbocycles. The van der Waals surface area contributed by atoms with E-state index in [1.807, 2.05) is 5.32 Å². The molecule has 0 fully saturated rings. The molecule has 0 saturated carbocycles. The monoisotopic (exact) mass is 383 g/mol. The summed E-state index contributed by atoms with van der Waals surface area (Å²) in [5.74, 6) is -5.34. The summed E-state index contributed by atoms with van der Waals surface area (Å²) in [5.41, 5.74) is -0.000419. The van der Waals surface area contributed by atoms with Crippen LogP contribution in [0.2, 0.25) is 0 Å². The average molecular weight is 383 g/mol. The lowest BCUT2D eigenvalue weighted by Gasteiger charge is -2.10. The third kappa shape index (κ3) is 5.13. The lowest BCUT2D eigenvalue weighted by atomic mass is 10.1. The molecule has 0 aliphatic heterocycles. The van der Waals surface area contributed by atoms with Gasteiger partial charge in [-0.3, -0.25) is 9.59 Å². The molecule has 1 amide bonds. The first-order valence-corrected chi connectivity index (χ1v) is 7.65. The van der Waals surface area contributed by atoms with Crippen molar-refractivity contribution in [2.24, 2.45) is 0 Å². The zero-order chi connectivity index (χ0) is 20.0. The Balaban J connectivity index is 1.90. The lowest BCUT2D eigenvalue weighted by molar-refractivity contribution is -0.146. The van der Waals surface area contributed by atoms with Crippen molar-refractivity contribution in [1.29, 1.82) is 0 Å². The summed E-state index contributed by atoms with van der Waals surface area (Å²) in [4.78, 5) is 23.5. The molecule has 0 saturated heterocycles. The van der Waals surface area contributed by atoms with Gasteiger partial charge in [-0.15, -0.1) is 0 Å². The number of hydrogen-bond acceptors (Lipinski definition) is 5. The molecule has 0 aliphatic carbocycles. The molecule has 0 radical (unpaired) electrons. The van der Waals surface area contributed by atoms with Crippen molar-refractivity contribution in [3.05, 3.63) is 53.3 Å². The molecule has 6 nitrogen and oxygen atoms in total. The second-order valence-electron chi connectivity index (χ2n) is 5.30. The van der Waals surface area contributed by atoms with E-state index in [1.165, 1.54) is 14.2 Å². The van der Waals surface area contributed by atoms with Crippen molar-refractivity contribution in [1.82, 2.24) is 0 Å². The lowest BCUT2D eigenvalue weighted by Crippen LogP contribution is -2.22. The van der Waals surface area contributed by atoms with Gasteiger partial charge in [0.05, 0.1) is 26.3 Å². The van der Waals surface area contributed by atoms with Crippen LogP contribution in [0.1, 0.15) is 5.56 Å². The van der Waals surface area contributed by atoms with Gasteiger partial charge in [-0.2, -0.15) is 0 Å². The molecule has 0 unspecified atom stereocenters. The molecule has 144 valence electrons. The highest BCUT2D eigenvalue weighted by Crippen LogP contribution is 2.27. The fourth-order valence-electron chi connectivity index (χ4n) is 2.16. The number of amides is 1. The number of ether oxygens (including phenoxy) is 3. The third-order valence-corrected chi connectivity index (χ3v) is 3.47. The SMILES string of the molecule is COc1ccc(CC(=O)OCC(=O)Nc2ccc(F)c(F)c2F)cc1OC. The quantitative estimate of drug-likeness (QED) is 0.588. The maximum absolute atomic E-state index is 13.5. The summed E-state index contributed by atoms with van der Waals surface area (Å²) in [6.45, 7) is -0.718. The van der Waals surface area contributed by atoms with Crippen LogP contribution in [0.3, 0.4) is 0 Å². The number of methoxy groups -OCH3 is 2. The first-order chi connectivity index (χ1) is 12.8. The van der Waals surface area contributed by atoms with Gasteiger partial charge >= 0.3 is 5.97 Å². The van der Waals surface area contributed by atoms with Crippen molar-refractivity contribution in [3.63, 3.8) is 0 Å². The Kier molecular flexibility index (Phi) is 6.64. The van der Waals surface area contributed by atoms with Crippen LogP contribution in [0.5, 0.6) is 11.5 Å². The van der Waals surface area contributed by atoms with Crippen LogP contribution >= 0.6 is 0 Å². The summed E-state index contributed by atoms with van der Waals surface area (Å²) in [7, 11) is 2.92. The number of nitrogens with one attached hydrogen (secondary N) is 1. The highest BCUT2D eigenvalue weighted by atomic mass is 19.2. The maximum Gasteiger partial charge on any atom is 0.310 e. The second kappa shape index (κ2) is 8.93. The van der Waals surface area contributed by atoms with E-state index in [-0.39, 0.29) is 6.42 Å². The van der Waals surface area contributed by atoms with E-state index in [1.54, 1.807) is 18.2 Å². The van der Waals surface area contributed by atoms with Crippen molar-refractivity contribution in [3.8, 4) is 11.5 Å². The largest absolute Gasteiger partial charge is 0.493 e.